The lowest BCUT2D eigenvalue weighted by Gasteiger charge is -2.38. The van der Waals surface area contributed by atoms with E-state index in [-0.39, 0.29) is 11.9 Å². The fourth-order valence-electron chi connectivity index (χ4n) is 2.72. The first-order valence-corrected chi connectivity index (χ1v) is 7.95. The van der Waals surface area contributed by atoms with Gasteiger partial charge in [-0.25, -0.2) is 0 Å². The third-order valence-corrected chi connectivity index (χ3v) is 4.13. The average Bonchev–Trinajstić information content (AvgIpc) is 2.47. The first-order chi connectivity index (χ1) is 9.88. The minimum absolute atomic E-state index is 0.142. The number of carbonyl (C=O) groups is 1. The van der Waals surface area contributed by atoms with E-state index in [1.807, 2.05) is 45.0 Å². The van der Waals surface area contributed by atoms with Crippen LogP contribution < -0.4 is 4.74 Å². The Kier molecular flexibility index (Phi) is 6.41. The topological polar surface area (TPSA) is 29.5 Å². The van der Waals surface area contributed by atoms with Gasteiger partial charge in [0.15, 0.2) is 5.78 Å². The lowest BCUT2D eigenvalue weighted by atomic mass is 9.86. The van der Waals surface area contributed by atoms with Crippen LogP contribution in [0.15, 0.2) is 24.3 Å². The summed E-state index contributed by atoms with van der Waals surface area (Å²) in [5.74, 6) is 0.993. The number of hydrogen-bond donors (Lipinski definition) is 0. The number of likely N-dealkylation sites (N-methyl/N-ethyl adjacent to an activating group) is 1. The van der Waals surface area contributed by atoms with Crippen LogP contribution in [0.3, 0.4) is 0 Å². The molecule has 0 radical (unpaired) electrons. The van der Waals surface area contributed by atoms with Crippen molar-refractivity contribution in [2.45, 2.75) is 59.6 Å². The molecule has 118 valence electrons. The van der Waals surface area contributed by atoms with Crippen LogP contribution in [0.2, 0.25) is 0 Å². The van der Waals surface area contributed by atoms with E-state index >= 15 is 0 Å². The van der Waals surface area contributed by atoms with E-state index in [2.05, 4.69) is 25.7 Å². The van der Waals surface area contributed by atoms with Crippen molar-refractivity contribution in [1.82, 2.24) is 4.90 Å². The number of rotatable bonds is 8. The van der Waals surface area contributed by atoms with Gasteiger partial charge in [0, 0.05) is 5.56 Å². The maximum absolute atomic E-state index is 12.9. The first kappa shape index (κ1) is 17.7. The fraction of sp³-hybridized carbons (Fsp3) is 0.611. The molecule has 0 N–H and O–H groups in total. The molecule has 1 atom stereocenters. The molecule has 0 fully saturated rings. The Morgan fingerprint density at radius 1 is 1.14 bits per heavy atom. The van der Waals surface area contributed by atoms with Gasteiger partial charge in [-0.2, -0.15) is 0 Å². The van der Waals surface area contributed by atoms with E-state index in [0.717, 1.165) is 30.8 Å². The van der Waals surface area contributed by atoms with E-state index in [0.29, 0.717) is 0 Å². The van der Waals surface area contributed by atoms with Gasteiger partial charge in [0.05, 0.1) is 11.6 Å². The summed E-state index contributed by atoms with van der Waals surface area (Å²) in [4.78, 5) is 15.1. The van der Waals surface area contributed by atoms with Crippen LogP contribution in [0.1, 0.15) is 58.3 Å². The Bertz CT molecular complexity index is 449. The number of carbonyl (C=O) groups excluding carboxylic acids is 1. The number of ketones is 1. The van der Waals surface area contributed by atoms with Crippen LogP contribution in [-0.2, 0) is 0 Å². The van der Waals surface area contributed by atoms with Crippen LogP contribution in [0.25, 0.3) is 0 Å². The largest absolute Gasteiger partial charge is 0.491 e. The summed E-state index contributed by atoms with van der Waals surface area (Å²) in [6, 6.07) is 7.51. The highest BCUT2D eigenvalue weighted by molar-refractivity contribution is 6.03. The Hall–Kier alpha value is -1.35. The number of benzene rings is 1. The molecule has 3 heteroatoms. The molecular formula is C18H29NO2. The summed E-state index contributed by atoms with van der Waals surface area (Å²) in [6.45, 7) is 14.1. The Balaban J connectivity index is 3.00. The standard InChI is InChI=1S/C18H29NO2/c1-7-18(6,19(8-2)9-3)17(20)15-10-12-16(13-11-15)21-14(4)5/h10-14H,7-9H2,1-6H3. The third kappa shape index (κ3) is 4.07. The summed E-state index contributed by atoms with van der Waals surface area (Å²) in [5, 5.41) is 0. The van der Waals surface area contributed by atoms with Gasteiger partial charge in [-0.3, -0.25) is 9.69 Å². The molecule has 1 aromatic carbocycles. The van der Waals surface area contributed by atoms with Crippen LogP contribution in [0.5, 0.6) is 5.75 Å². The monoisotopic (exact) mass is 291 g/mol. The van der Waals surface area contributed by atoms with Crippen molar-refractivity contribution in [3.63, 3.8) is 0 Å². The lowest BCUT2D eigenvalue weighted by molar-refractivity contribution is 0.0607. The van der Waals surface area contributed by atoms with Crippen molar-refractivity contribution in [2.24, 2.45) is 0 Å². The normalized spacial score (nSPS) is 14.3. The summed E-state index contributed by atoms with van der Waals surface area (Å²) in [5.41, 5.74) is 0.312. The van der Waals surface area contributed by atoms with E-state index in [1.165, 1.54) is 0 Å². The van der Waals surface area contributed by atoms with Gasteiger partial charge in [0.2, 0.25) is 0 Å². The minimum atomic E-state index is -0.441. The van der Waals surface area contributed by atoms with Gasteiger partial charge in [-0.05, 0) is 64.5 Å². The lowest BCUT2D eigenvalue weighted by Crippen LogP contribution is -2.51. The zero-order chi connectivity index (χ0) is 16.0. The molecule has 3 nitrogen and oxygen atoms in total. The predicted molar refractivity (Wildman–Crippen MR) is 88.2 cm³/mol. The van der Waals surface area contributed by atoms with Gasteiger partial charge >= 0.3 is 0 Å². The van der Waals surface area contributed by atoms with Crippen molar-refractivity contribution >= 4 is 5.78 Å². The molecule has 0 saturated heterocycles. The summed E-state index contributed by atoms with van der Waals surface area (Å²) in [7, 11) is 0. The molecule has 0 bridgehead atoms. The molecule has 0 aromatic heterocycles. The van der Waals surface area contributed by atoms with Crippen LogP contribution in [-0.4, -0.2) is 35.4 Å². The summed E-state index contributed by atoms with van der Waals surface area (Å²) < 4.78 is 5.63. The highest BCUT2D eigenvalue weighted by atomic mass is 16.5. The van der Waals surface area contributed by atoms with Gasteiger partial charge in [-0.15, -0.1) is 0 Å². The van der Waals surface area contributed by atoms with Crippen molar-refractivity contribution in [3.05, 3.63) is 29.8 Å². The van der Waals surface area contributed by atoms with Gasteiger partial charge in [0.25, 0.3) is 0 Å². The maximum Gasteiger partial charge on any atom is 0.182 e. The van der Waals surface area contributed by atoms with Crippen LogP contribution in [0.4, 0.5) is 0 Å². The number of ether oxygens (including phenoxy) is 1. The molecule has 21 heavy (non-hydrogen) atoms. The first-order valence-electron chi connectivity index (χ1n) is 7.95. The van der Waals surface area contributed by atoms with Crippen molar-refractivity contribution in [2.75, 3.05) is 13.1 Å². The third-order valence-electron chi connectivity index (χ3n) is 4.13. The summed E-state index contributed by atoms with van der Waals surface area (Å²) >= 11 is 0. The Morgan fingerprint density at radius 3 is 2.05 bits per heavy atom. The van der Waals surface area contributed by atoms with E-state index in [4.69, 9.17) is 4.74 Å². The molecule has 1 rings (SSSR count). The average molecular weight is 291 g/mol. The molecule has 0 heterocycles. The quantitative estimate of drug-likeness (QED) is 0.673. The van der Waals surface area contributed by atoms with Crippen LogP contribution in [0, 0.1) is 0 Å². The Labute approximate surface area is 129 Å². The second-order valence-electron chi connectivity index (χ2n) is 5.82. The molecule has 0 saturated carbocycles. The second kappa shape index (κ2) is 7.60. The van der Waals surface area contributed by atoms with Crippen molar-refractivity contribution < 1.29 is 9.53 Å². The molecule has 1 aromatic rings. The zero-order valence-corrected chi connectivity index (χ0v) is 14.3. The molecule has 0 spiro atoms. The van der Waals surface area contributed by atoms with E-state index in [1.54, 1.807) is 0 Å². The van der Waals surface area contributed by atoms with E-state index < -0.39 is 5.54 Å². The molecule has 0 aliphatic rings. The highest BCUT2D eigenvalue weighted by Gasteiger charge is 2.36. The summed E-state index contributed by atoms with van der Waals surface area (Å²) in [6.07, 6.45) is 0.945. The fourth-order valence-corrected chi connectivity index (χ4v) is 2.72. The van der Waals surface area contributed by atoms with Crippen molar-refractivity contribution in [1.29, 1.82) is 0 Å². The SMILES string of the molecule is CCN(CC)C(C)(CC)C(=O)c1ccc(OC(C)C)cc1. The Morgan fingerprint density at radius 2 is 1.67 bits per heavy atom. The second-order valence-corrected chi connectivity index (χ2v) is 5.82. The molecule has 0 aliphatic carbocycles. The number of hydrogen-bond acceptors (Lipinski definition) is 3. The van der Waals surface area contributed by atoms with Crippen LogP contribution >= 0.6 is 0 Å². The highest BCUT2D eigenvalue weighted by Crippen LogP contribution is 2.25. The number of nitrogens with zero attached hydrogens (tertiary/aromatic N) is 1. The molecule has 0 aliphatic heterocycles. The van der Waals surface area contributed by atoms with E-state index in [9.17, 15) is 4.79 Å². The maximum atomic E-state index is 12.9. The minimum Gasteiger partial charge on any atom is -0.491 e. The smallest absolute Gasteiger partial charge is 0.182 e. The molecule has 1 unspecified atom stereocenters. The van der Waals surface area contributed by atoms with Gasteiger partial charge in [-0.1, -0.05) is 20.8 Å². The van der Waals surface area contributed by atoms with Gasteiger partial charge < -0.3 is 4.74 Å². The zero-order valence-electron chi connectivity index (χ0n) is 14.3. The van der Waals surface area contributed by atoms with Crippen molar-refractivity contribution in [3.8, 4) is 5.75 Å². The molecule has 0 amide bonds. The predicted octanol–water partition coefficient (Wildman–Crippen LogP) is 4.17. The molecular weight excluding hydrogens is 262 g/mol. The van der Waals surface area contributed by atoms with Gasteiger partial charge in [0.1, 0.15) is 5.75 Å². The number of Topliss-reactive ketones (excluding diaryl/α,β-unsaturated/α-hetero) is 1.